The van der Waals surface area contributed by atoms with Crippen molar-refractivity contribution in [3.63, 3.8) is 0 Å². The Bertz CT molecular complexity index is 310. The number of nitro benzene ring substituents is 1. The Morgan fingerprint density at radius 3 is 2.36 bits per heavy atom. The first kappa shape index (κ1) is 10.6. The second-order valence-corrected chi connectivity index (χ2v) is 3.12. The van der Waals surface area contributed by atoms with E-state index in [0.29, 0.717) is 13.0 Å². The van der Waals surface area contributed by atoms with Gasteiger partial charge >= 0.3 is 0 Å². The quantitative estimate of drug-likeness (QED) is 0.537. The molecule has 1 aromatic carbocycles. The lowest BCUT2D eigenvalue weighted by atomic mass is 10.1. The van der Waals surface area contributed by atoms with Crippen LogP contribution in [0.4, 0.5) is 5.69 Å². The van der Waals surface area contributed by atoms with Crippen molar-refractivity contribution in [2.75, 3.05) is 6.54 Å². The molecule has 76 valence electrons. The first-order valence-corrected chi connectivity index (χ1v) is 4.32. The van der Waals surface area contributed by atoms with Crippen LogP contribution in [0.15, 0.2) is 24.3 Å². The van der Waals surface area contributed by atoms with Gasteiger partial charge in [-0.1, -0.05) is 12.1 Å². The average Bonchev–Trinajstić information content (AvgIpc) is 2.18. The highest BCUT2D eigenvalue weighted by Gasteiger charge is 2.05. The summed E-state index contributed by atoms with van der Waals surface area (Å²) in [6.45, 7) is 0.414. The fraction of sp³-hybridized carbons (Fsp3) is 0.333. The Labute approximate surface area is 81.9 Å². The fourth-order valence-electron chi connectivity index (χ4n) is 1.14. The van der Waals surface area contributed by atoms with Gasteiger partial charge in [0.2, 0.25) is 0 Å². The van der Waals surface area contributed by atoms with E-state index in [9.17, 15) is 10.1 Å². The lowest BCUT2D eigenvalue weighted by Gasteiger charge is -2.07. The van der Waals surface area contributed by atoms with Gasteiger partial charge in [0.1, 0.15) is 0 Å². The van der Waals surface area contributed by atoms with Gasteiger partial charge in [-0.2, -0.15) is 0 Å². The Morgan fingerprint density at radius 1 is 1.36 bits per heavy atom. The normalized spacial score (nSPS) is 12.4. The number of nitrogens with two attached hydrogens (primary N) is 2. The summed E-state index contributed by atoms with van der Waals surface area (Å²) in [5.41, 5.74) is 12.1. The van der Waals surface area contributed by atoms with Crippen molar-refractivity contribution in [3.05, 3.63) is 39.9 Å². The fourth-order valence-corrected chi connectivity index (χ4v) is 1.14. The molecule has 5 nitrogen and oxygen atoms in total. The van der Waals surface area contributed by atoms with E-state index >= 15 is 0 Å². The molecule has 0 saturated heterocycles. The molecule has 0 amide bonds. The highest BCUT2D eigenvalue weighted by atomic mass is 16.6. The molecule has 1 aromatic rings. The van der Waals surface area contributed by atoms with Crippen LogP contribution < -0.4 is 11.5 Å². The van der Waals surface area contributed by atoms with Gasteiger partial charge in [-0.05, 0) is 12.0 Å². The van der Waals surface area contributed by atoms with Crippen molar-refractivity contribution in [3.8, 4) is 0 Å². The molecule has 0 heterocycles. The van der Waals surface area contributed by atoms with E-state index in [1.165, 1.54) is 12.1 Å². The van der Waals surface area contributed by atoms with Gasteiger partial charge in [0.25, 0.3) is 5.69 Å². The predicted octanol–water partition coefficient (Wildman–Crippen LogP) is 0.423. The van der Waals surface area contributed by atoms with Crippen LogP contribution in [-0.2, 0) is 6.42 Å². The summed E-state index contributed by atoms with van der Waals surface area (Å²) in [7, 11) is 0. The van der Waals surface area contributed by atoms with Gasteiger partial charge in [-0.3, -0.25) is 10.1 Å². The summed E-state index contributed by atoms with van der Waals surface area (Å²) in [5, 5.41) is 10.4. The summed E-state index contributed by atoms with van der Waals surface area (Å²) < 4.78 is 0. The summed E-state index contributed by atoms with van der Waals surface area (Å²) in [5.74, 6) is 0. The van der Waals surface area contributed by atoms with Crippen molar-refractivity contribution in [2.24, 2.45) is 11.5 Å². The van der Waals surface area contributed by atoms with Crippen LogP contribution in [-0.4, -0.2) is 17.5 Å². The number of hydrogen-bond acceptors (Lipinski definition) is 4. The van der Waals surface area contributed by atoms with Crippen LogP contribution in [0.5, 0.6) is 0 Å². The van der Waals surface area contributed by atoms with E-state index in [4.69, 9.17) is 11.5 Å². The molecule has 0 aromatic heterocycles. The minimum absolute atomic E-state index is 0.0866. The number of hydrogen-bond donors (Lipinski definition) is 2. The van der Waals surface area contributed by atoms with Gasteiger partial charge in [0.15, 0.2) is 0 Å². The first-order valence-electron chi connectivity index (χ1n) is 4.32. The molecule has 0 aliphatic rings. The zero-order chi connectivity index (χ0) is 10.6. The number of non-ortho nitro benzene ring substituents is 1. The number of nitro groups is 1. The molecule has 4 N–H and O–H groups in total. The van der Waals surface area contributed by atoms with Crippen molar-refractivity contribution in [1.82, 2.24) is 0 Å². The third-order valence-corrected chi connectivity index (χ3v) is 1.95. The topological polar surface area (TPSA) is 95.2 Å². The van der Waals surface area contributed by atoms with Crippen molar-refractivity contribution in [1.29, 1.82) is 0 Å². The van der Waals surface area contributed by atoms with Crippen molar-refractivity contribution in [2.45, 2.75) is 12.5 Å². The van der Waals surface area contributed by atoms with E-state index in [1.807, 2.05) is 0 Å². The van der Waals surface area contributed by atoms with Crippen LogP contribution in [0.25, 0.3) is 0 Å². The minimum Gasteiger partial charge on any atom is -0.329 e. The third kappa shape index (κ3) is 2.79. The summed E-state index contributed by atoms with van der Waals surface area (Å²) >= 11 is 0. The summed E-state index contributed by atoms with van der Waals surface area (Å²) in [6, 6.07) is 6.26. The molecular formula is C9H13N3O2. The number of benzene rings is 1. The summed E-state index contributed by atoms with van der Waals surface area (Å²) in [6.07, 6.45) is 0.647. The molecule has 1 rings (SSSR count). The molecule has 0 fully saturated rings. The second-order valence-electron chi connectivity index (χ2n) is 3.12. The third-order valence-electron chi connectivity index (χ3n) is 1.95. The molecule has 1 unspecified atom stereocenters. The Kier molecular flexibility index (Phi) is 3.55. The van der Waals surface area contributed by atoms with E-state index < -0.39 is 4.92 Å². The molecule has 0 saturated carbocycles. The van der Waals surface area contributed by atoms with Crippen LogP contribution >= 0.6 is 0 Å². The molecule has 1 atom stereocenters. The average molecular weight is 195 g/mol. The largest absolute Gasteiger partial charge is 0.329 e. The summed E-state index contributed by atoms with van der Waals surface area (Å²) in [4.78, 5) is 9.93. The molecule has 0 spiro atoms. The number of rotatable bonds is 4. The molecule has 0 aliphatic carbocycles. The SMILES string of the molecule is NCC(N)Cc1ccc([N+](=O)[O-])cc1. The van der Waals surface area contributed by atoms with Gasteiger partial charge in [-0.25, -0.2) is 0 Å². The van der Waals surface area contributed by atoms with Gasteiger partial charge in [0.05, 0.1) is 4.92 Å². The van der Waals surface area contributed by atoms with E-state index in [0.717, 1.165) is 5.56 Å². The van der Waals surface area contributed by atoms with Crippen molar-refractivity contribution >= 4 is 5.69 Å². The van der Waals surface area contributed by atoms with Crippen LogP contribution in [0.1, 0.15) is 5.56 Å². The Morgan fingerprint density at radius 2 is 1.93 bits per heavy atom. The van der Waals surface area contributed by atoms with Gasteiger partial charge in [-0.15, -0.1) is 0 Å². The highest BCUT2D eigenvalue weighted by Crippen LogP contribution is 2.12. The first-order chi connectivity index (χ1) is 6.63. The minimum atomic E-state index is -0.424. The van der Waals surface area contributed by atoms with Crippen LogP contribution in [0, 0.1) is 10.1 Å². The standard InChI is InChI=1S/C9H13N3O2/c10-6-8(11)5-7-1-3-9(4-2-7)12(13)14/h1-4,8H,5-6,10-11H2. The predicted molar refractivity (Wildman–Crippen MR) is 53.8 cm³/mol. The van der Waals surface area contributed by atoms with Crippen molar-refractivity contribution < 1.29 is 4.92 Å². The lowest BCUT2D eigenvalue weighted by molar-refractivity contribution is -0.384. The van der Waals surface area contributed by atoms with Gasteiger partial charge in [0, 0.05) is 24.7 Å². The maximum atomic E-state index is 10.4. The Balaban J connectivity index is 2.68. The van der Waals surface area contributed by atoms with Crippen LogP contribution in [0.2, 0.25) is 0 Å². The van der Waals surface area contributed by atoms with Gasteiger partial charge < -0.3 is 11.5 Å². The highest BCUT2D eigenvalue weighted by molar-refractivity contribution is 5.33. The molecule has 0 radical (unpaired) electrons. The number of nitrogens with zero attached hydrogens (tertiary/aromatic N) is 1. The smallest absolute Gasteiger partial charge is 0.269 e. The molecule has 5 heteroatoms. The monoisotopic (exact) mass is 195 g/mol. The molecular weight excluding hydrogens is 182 g/mol. The van der Waals surface area contributed by atoms with Crippen LogP contribution in [0.3, 0.4) is 0 Å². The molecule has 0 aliphatic heterocycles. The lowest BCUT2D eigenvalue weighted by Crippen LogP contribution is -2.31. The maximum Gasteiger partial charge on any atom is 0.269 e. The molecule has 0 bridgehead atoms. The maximum absolute atomic E-state index is 10.4. The zero-order valence-corrected chi connectivity index (χ0v) is 7.72. The van der Waals surface area contributed by atoms with E-state index in [2.05, 4.69) is 0 Å². The molecule has 14 heavy (non-hydrogen) atoms. The van der Waals surface area contributed by atoms with E-state index in [-0.39, 0.29) is 11.7 Å². The Hall–Kier alpha value is -1.46. The second kappa shape index (κ2) is 4.69. The van der Waals surface area contributed by atoms with E-state index in [1.54, 1.807) is 12.1 Å². The zero-order valence-electron chi connectivity index (χ0n) is 7.72.